The predicted octanol–water partition coefficient (Wildman–Crippen LogP) is 4.29. The molecule has 5 rings (SSSR count). The van der Waals surface area contributed by atoms with Gasteiger partial charge in [-0.1, -0.05) is 12.1 Å². The van der Waals surface area contributed by atoms with Crippen molar-refractivity contribution in [2.75, 3.05) is 19.0 Å². The van der Waals surface area contributed by atoms with Crippen molar-refractivity contribution in [2.45, 2.75) is 57.1 Å². The Morgan fingerprint density at radius 2 is 2.00 bits per heavy atom. The summed E-state index contributed by atoms with van der Waals surface area (Å²) in [6.45, 7) is 2.51. The monoisotopic (exact) mass is 434 g/mol. The molecule has 3 unspecified atom stereocenters. The van der Waals surface area contributed by atoms with E-state index in [0.717, 1.165) is 59.5 Å². The highest BCUT2D eigenvalue weighted by atomic mass is 16.5. The third kappa shape index (κ3) is 3.99. The Balaban J connectivity index is 1.58. The Bertz CT molecular complexity index is 1060. The van der Waals surface area contributed by atoms with E-state index >= 15 is 0 Å². The van der Waals surface area contributed by atoms with Crippen LogP contribution in [0.15, 0.2) is 41.4 Å². The van der Waals surface area contributed by atoms with Gasteiger partial charge in [-0.15, -0.1) is 0 Å². The van der Waals surface area contributed by atoms with Gasteiger partial charge in [0.05, 0.1) is 31.6 Å². The average molecular weight is 435 g/mol. The molecular formula is C26H30N2O4. The third-order valence-electron chi connectivity index (χ3n) is 6.72. The maximum Gasteiger partial charge on any atom is 0.227 e. The molecule has 2 N–H and O–H groups in total. The van der Waals surface area contributed by atoms with Crippen LogP contribution in [0.25, 0.3) is 0 Å². The van der Waals surface area contributed by atoms with E-state index in [1.165, 1.54) is 0 Å². The Hall–Kier alpha value is -2.86. The average Bonchev–Trinajstić information content (AvgIpc) is 3.64. The maximum atomic E-state index is 12.3. The summed E-state index contributed by atoms with van der Waals surface area (Å²) in [7, 11) is 1.64. The zero-order valence-corrected chi connectivity index (χ0v) is 18.6. The SMILES string of the molecule is CCOc1cc2c(cc1OC)C(c1cccc(NC(=O)C3CC3)c1)=NC1CCC(O)CC21. The normalized spacial score (nSPS) is 24.1. The minimum atomic E-state index is -0.306. The first-order valence-electron chi connectivity index (χ1n) is 11.6. The van der Waals surface area contributed by atoms with Crippen molar-refractivity contribution in [3.8, 4) is 11.5 Å². The van der Waals surface area contributed by atoms with Gasteiger partial charge in [-0.25, -0.2) is 0 Å². The van der Waals surface area contributed by atoms with E-state index in [0.29, 0.717) is 18.8 Å². The second-order valence-electron chi connectivity index (χ2n) is 8.99. The van der Waals surface area contributed by atoms with Gasteiger partial charge in [0.2, 0.25) is 5.91 Å². The fraction of sp³-hybridized carbons (Fsp3) is 0.462. The lowest BCUT2D eigenvalue weighted by Crippen LogP contribution is -2.34. The van der Waals surface area contributed by atoms with Gasteiger partial charge in [-0.05, 0) is 68.9 Å². The highest BCUT2D eigenvalue weighted by Crippen LogP contribution is 2.45. The van der Waals surface area contributed by atoms with Crippen LogP contribution in [0.3, 0.4) is 0 Å². The number of aliphatic hydroxyl groups excluding tert-OH is 1. The molecule has 2 saturated carbocycles. The van der Waals surface area contributed by atoms with Gasteiger partial charge in [0.25, 0.3) is 0 Å². The number of aliphatic imine (C=N–C) groups is 1. The second-order valence-corrected chi connectivity index (χ2v) is 8.99. The number of anilines is 1. The van der Waals surface area contributed by atoms with Crippen LogP contribution in [0, 0.1) is 5.92 Å². The predicted molar refractivity (Wildman–Crippen MR) is 124 cm³/mol. The van der Waals surface area contributed by atoms with Crippen LogP contribution in [0.2, 0.25) is 0 Å². The lowest BCUT2D eigenvalue weighted by atomic mass is 9.74. The van der Waals surface area contributed by atoms with Gasteiger partial charge in [-0.3, -0.25) is 9.79 Å². The van der Waals surface area contributed by atoms with Gasteiger partial charge < -0.3 is 19.9 Å². The Kier molecular flexibility index (Phi) is 5.64. The zero-order chi connectivity index (χ0) is 22.2. The molecular weight excluding hydrogens is 404 g/mol. The largest absolute Gasteiger partial charge is 0.493 e. The van der Waals surface area contributed by atoms with Gasteiger partial charge in [0.1, 0.15) is 0 Å². The number of carbonyl (C=O) groups is 1. The van der Waals surface area contributed by atoms with Gasteiger partial charge in [0.15, 0.2) is 11.5 Å². The number of fused-ring (bicyclic) bond motifs is 3. The van der Waals surface area contributed by atoms with Crippen LogP contribution in [-0.4, -0.2) is 42.6 Å². The smallest absolute Gasteiger partial charge is 0.227 e. The fourth-order valence-corrected chi connectivity index (χ4v) is 4.94. The van der Waals surface area contributed by atoms with E-state index in [1.54, 1.807) is 7.11 Å². The van der Waals surface area contributed by atoms with Crippen molar-refractivity contribution in [3.63, 3.8) is 0 Å². The molecule has 32 heavy (non-hydrogen) atoms. The van der Waals surface area contributed by atoms with Crippen LogP contribution in [-0.2, 0) is 4.79 Å². The second kappa shape index (κ2) is 8.58. The molecule has 3 aliphatic rings. The van der Waals surface area contributed by atoms with Crippen molar-refractivity contribution in [1.82, 2.24) is 0 Å². The molecule has 0 spiro atoms. The molecule has 1 heterocycles. The molecule has 168 valence electrons. The minimum Gasteiger partial charge on any atom is -0.493 e. The van der Waals surface area contributed by atoms with Crippen LogP contribution < -0.4 is 14.8 Å². The maximum absolute atomic E-state index is 12.3. The molecule has 2 aromatic carbocycles. The standard InChI is InChI=1S/C26H30N2O4/c1-3-32-24-13-19-20-12-18(29)9-10-22(20)28-25(21(19)14-23(24)31-2)16-5-4-6-17(11-16)27-26(30)15-7-8-15/h4-6,11,13-15,18,20,22,29H,3,7-10,12H2,1-2H3,(H,27,30). The third-order valence-corrected chi connectivity index (χ3v) is 6.72. The number of nitrogens with zero attached hydrogens (tertiary/aromatic N) is 1. The topological polar surface area (TPSA) is 80.2 Å². The van der Waals surface area contributed by atoms with E-state index in [4.69, 9.17) is 14.5 Å². The number of methoxy groups -OCH3 is 1. The quantitative estimate of drug-likeness (QED) is 0.711. The summed E-state index contributed by atoms with van der Waals surface area (Å²) >= 11 is 0. The van der Waals surface area contributed by atoms with Crippen LogP contribution in [0.4, 0.5) is 5.69 Å². The minimum absolute atomic E-state index is 0.0949. The number of ether oxygens (including phenoxy) is 2. The molecule has 6 heteroatoms. The summed E-state index contributed by atoms with van der Waals surface area (Å²) < 4.78 is 11.5. The highest BCUT2D eigenvalue weighted by Gasteiger charge is 2.37. The summed E-state index contributed by atoms with van der Waals surface area (Å²) in [5.41, 5.74) is 4.82. The first kappa shape index (κ1) is 21.0. The van der Waals surface area contributed by atoms with E-state index in [1.807, 2.05) is 37.3 Å². The van der Waals surface area contributed by atoms with Crippen molar-refractivity contribution in [1.29, 1.82) is 0 Å². The Morgan fingerprint density at radius 1 is 1.16 bits per heavy atom. The number of aliphatic hydroxyl groups is 1. The summed E-state index contributed by atoms with van der Waals surface area (Å²) in [5.74, 6) is 1.80. The number of carbonyl (C=O) groups excluding carboxylic acids is 1. The highest BCUT2D eigenvalue weighted by molar-refractivity contribution is 6.15. The van der Waals surface area contributed by atoms with Crippen LogP contribution in [0.1, 0.15) is 61.6 Å². The van der Waals surface area contributed by atoms with E-state index in [9.17, 15) is 9.90 Å². The molecule has 2 aliphatic carbocycles. The summed E-state index contributed by atoms with van der Waals surface area (Å²) in [6, 6.07) is 12.1. The fourth-order valence-electron chi connectivity index (χ4n) is 4.94. The lowest BCUT2D eigenvalue weighted by Gasteiger charge is -2.37. The molecule has 1 amide bonds. The van der Waals surface area contributed by atoms with E-state index < -0.39 is 0 Å². The Morgan fingerprint density at radius 3 is 2.75 bits per heavy atom. The summed E-state index contributed by atoms with van der Waals surface area (Å²) in [6.07, 6.45) is 3.95. The van der Waals surface area contributed by atoms with E-state index in [2.05, 4.69) is 11.4 Å². The first-order chi connectivity index (χ1) is 15.6. The molecule has 0 aromatic heterocycles. The molecule has 0 radical (unpaired) electrons. The molecule has 3 atom stereocenters. The van der Waals surface area contributed by atoms with Gasteiger partial charge in [-0.2, -0.15) is 0 Å². The molecule has 1 aliphatic heterocycles. The lowest BCUT2D eigenvalue weighted by molar-refractivity contribution is -0.117. The molecule has 0 saturated heterocycles. The van der Waals surface area contributed by atoms with Crippen molar-refractivity contribution >= 4 is 17.3 Å². The number of rotatable bonds is 6. The van der Waals surface area contributed by atoms with Crippen molar-refractivity contribution in [2.24, 2.45) is 10.9 Å². The number of hydrogen-bond acceptors (Lipinski definition) is 5. The van der Waals surface area contributed by atoms with Crippen molar-refractivity contribution in [3.05, 3.63) is 53.1 Å². The van der Waals surface area contributed by atoms with Gasteiger partial charge >= 0.3 is 0 Å². The van der Waals surface area contributed by atoms with E-state index in [-0.39, 0.29) is 29.9 Å². The van der Waals surface area contributed by atoms with Crippen LogP contribution >= 0.6 is 0 Å². The van der Waals surface area contributed by atoms with Crippen LogP contribution in [0.5, 0.6) is 11.5 Å². The Labute approximate surface area is 188 Å². The summed E-state index contributed by atoms with van der Waals surface area (Å²) in [4.78, 5) is 17.4. The number of nitrogens with one attached hydrogen (secondary N) is 1. The number of hydrogen-bond donors (Lipinski definition) is 2. The number of amides is 1. The summed E-state index contributed by atoms with van der Waals surface area (Å²) in [5, 5.41) is 13.4. The molecule has 2 aromatic rings. The van der Waals surface area contributed by atoms with Crippen molar-refractivity contribution < 1.29 is 19.4 Å². The first-order valence-corrected chi connectivity index (χ1v) is 11.6. The van der Waals surface area contributed by atoms with Gasteiger partial charge in [0, 0.05) is 28.7 Å². The molecule has 6 nitrogen and oxygen atoms in total. The number of benzene rings is 2. The molecule has 2 fully saturated rings. The molecule has 0 bridgehead atoms. The zero-order valence-electron chi connectivity index (χ0n) is 18.6.